The molecule has 3 rings (SSSR count). The van der Waals surface area contributed by atoms with Crippen molar-refractivity contribution in [3.63, 3.8) is 0 Å². The van der Waals surface area contributed by atoms with Gasteiger partial charge in [-0.3, -0.25) is 14.2 Å². The molecule has 1 atom stereocenters. The van der Waals surface area contributed by atoms with Gasteiger partial charge in [-0.2, -0.15) is 0 Å². The van der Waals surface area contributed by atoms with Crippen LogP contribution in [0.15, 0.2) is 35.3 Å². The summed E-state index contributed by atoms with van der Waals surface area (Å²) in [5, 5.41) is 0. The first-order chi connectivity index (χ1) is 10.2. The molecule has 0 spiro atoms. The maximum Gasteiger partial charge on any atom is 0.269 e. The van der Waals surface area contributed by atoms with E-state index in [0.717, 1.165) is 24.9 Å². The Morgan fingerprint density at radius 1 is 1.33 bits per heavy atom. The molecule has 1 aromatic heterocycles. The van der Waals surface area contributed by atoms with Crippen LogP contribution in [0.4, 0.5) is 0 Å². The lowest BCUT2D eigenvalue weighted by molar-refractivity contribution is -0.135. The predicted molar refractivity (Wildman–Crippen MR) is 81.0 cm³/mol. The molecule has 1 amide bonds. The highest BCUT2D eigenvalue weighted by atomic mass is 16.2. The Balaban J connectivity index is 1.92. The number of aromatic nitrogens is 2. The van der Waals surface area contributed by atoms with E-state index in [-0.39, 0.29) is 24.1 Å². The Hall–Kier alpha value is -2.17. The number of likely N-dealkylation sites (tertiary alicyclic amines) is 1. The Morgan fingerprint density at radius 2 is 2.14 bits per heavy atom. The highest BCUT2D eigenvalue weighted by Crippen LogP contribution is 2.17. The third-order valence-corrected chi connectivity index (χ3v) is 4.17. The van der Waals surface area contributed by atoms with Gasteiger partial charge in [0.05, 0.1) is 17.2 Å². The molecule has 1 aliphatic rings. The number of hydrogen-bond donors (Lipinski definition) is 0. The highest BCUT2D eigenvalue weighted by Gasteiger charge is 2.23. The smallest absolute Gasteiger partial charge is 0.269 e. The van der Waals surface area contributed by atoms with E-state index < -0.39 is 0 Å². The lowest BCUT2D eigenvalue weighted by atomic mass is 10.0. The lowest BCUT2D eigenvalue weighted by Crippen LogP contribution is -2.44. The molecule has 110 valence electrons. The molecule has 2 heterocycles. The molecule has 0 bridgehead atoms. The summed E-state index contributed by atoms with van der Waals surface area (Å²) in [4.78, 5) is 30.6. The van der Waals surface area contributed by atoms with Gasteiger partial charge >= 0.3 is 0 Å². The average molecular weight is 285 g/mol. The van der Waals surface area contributed by atoms with Gasteiger partial charge in [-0.15, -0.1) is 0 Å². The second-order valence-corrected chi connectivity index (χ2v) is 5.60. The van der Waals surface area contributed by atoms with Crippen LogP contribution in [0.1, 0.15) is 26.2 Å². The Kier molecular flexibility index (Phi) is 3.73. The predicted octanol–water partition coefficient (Wildman–Crippen LogP) is 1.80. The van der Waals surface area contributed by atoms with Crippen molar-refractivity contribution in [1.82, 2.24) is 14.5 Å². The number of carbonyl (C=O) groups is 1. The van der Waals surface area contributed by atoms with Crippen LogP contribution >= 0.6 is 0 Å². The number of amides is 1. The van der Waals surface area contributed by atoms with Gasteiger partial charge in [0.2, 0.25) is 5.91 Å². The van der Waals surface area contributed by atoms with Gasteiger partial charge in [0.15, 0.2) is 0 Å². The Labute approximate surface area is 123 Å². The van der Waals surface area contributed by atoms with Gasteiger partial charge in [0, 0.05) is 12.6 Å². The highest BCUT2D eigenvalue weighted by molar-refractivity contribution is 5.80. The van der Waals surface area contributed by atoms with E-state index in [1.807, 2.05) is 29.2 Å². The third-order valence-electron chi connectivity index (χ3n) is 4.17. The van der Waals surface area contributed by atoms with Crippen LogP contribution in [0.5, 0.6) is 0 Å². The summed E-state index contributed by atoms with van der Waals surface area (Å²) in [5.74, 6) is 0.0145. The summed E-state index contributed by atoms with van der Waals surface area (Å²) < 4.78 is 1.52. The van der Waals surface area contributed by atoms with Crippen LogP contribution in [0.25, 0.3) is 11.0 Å². The fourth-order valence-electron chi connectivity index (χ4n) is 2.97. The first kappa shape index (κ1) is 13.8. The molecule has 2 aromatic rings. The number of nitrogens with zero attached hydrogens (tertiary/aromatic N) is 3. The second-order valence-electron chi connectivity index (χ2n) is 5.60. The fraction of sp³-hybridized carbons (Fsp3) is 0.438. The molecule has 0 radical (unpaired) electrons. The van der Waals surface area contributed by atoms with E-state index in [2.05, 4.69) is 11.9 Å². The molecule has 1 fully saturated rings. The van der Waals surface area contributed by atoms with E-state index in [9.17, 15) is 9.59 Å². The minimum absolute atomic E-state index is 0.0145. The Morgan fingerprint density at radius 3 is 2.95 bits per heavy atom. The first-order valence-electron chi connectivity index (χ1n) is 7.41. The van der Waals surface area contributed by atoms with Crippen LogP contribution in [0.3, 0.4) is 0 Å². The SMILES string of the molecule is CC1CCCCN1C(=O)Cn1c(=O)cnc2ccccc21. The number of fused-ring (bicyclic) bond motifs is 1. The van der Waals surface area contributed by atoms with E-state index in [1.54, 1.807) is 0 Å². The van der Waals surface area contributed by atoms with Crippen molar-refractivity contribution in [3.05, 3.63) is 40.8 Å². The molecule has 0 N–H and O–H groups in total. The summed E-state index contributed by atoms with van der Waals surface area (Å²) in [7, 11) is 0. The normalized spacial score (nSPS) is 18.9. The minimum Gasteiger partial charge on any atom is -0.338 e. The van der Waals surface area contributed by atoms with Crippen molar-refractivity contribution in [1.29, 1.82) is 0 Å². The number of hydrogen-bond acceptors (Lipinski definition) is 3. The molecular formula is C16H19N3O2. The molecule has 21 heavy (non-hydrogen) atoms. The summed E-state index contributed by atoms with van der Waals surface area (Å²) in [6.07, 6.45) is 4.54. The van der Waals surface area contributed by atoms with Crippen molar-refractivity contribution >= 4 is 16.9 Å². The zero-order valence-electron chi connectivity index (χ0n) is 12.2. The van der Waals surface area contributed by atoms with Crippen LogP contribution in [0.2, 0.25) is 0 Å². The Bertz CT molecular complexity index is 723. The van der Waals surface area contributed by atoms with Crippen LogP contribution in [-0.2, 0) is 11.3 Å². The van der Waals surface area contributed by atoms with Gasteiger partial charge in [0.25, 0.3) is 5.56 Å². The summed E-state index contributed by atoms with van der Waals surface area (Å²) >= 11 is 0. The minimum atomic E-state index is -0.230. The van der Waals surface area contributed by atoms with E-state index in [4.69, 9.17) is 0 Å². The molecule has 0 saturated carbocycles. The number of carbonyl (C=O) groups excluding carboxylic acids is 1. The lowest BCUT2D eigenvalue weighted by Gasteiger charge is -2.33. The molecule has 1 aliphatic heterocycles. The third kappa shape index (κ3) is 2.68. The quantitative estimate of drug-likeness (QED) is 0.845. The topological polar surface area (TPSA) is 55.2 Å². The molecule has 1 saturated heterocycles. The molecule has 5 nitrogen and oxygen atoms in total. The number of benzene rings is 1. The fourth-order valence-corrected chi connectivity index (χ4v) is 2.97. The van der Waals surface area contributed by atoms with Gasteiger partial charge in [-0.1, -0.05) is 12.1 Å². The summed E-state index contributed by atoms with van der Waals surface area (Å²) in [6.45, 7) is 2.95. The van der Waals surface area contributed by atoms with E-state index in [0.29, 0.717) is 5.52 Å². The summed E-state index contributed by atoms with van der Waals surface area (Å²) in [5.41, 5.74) is 1.21. The number of para-hydroxylation sites is 2. The first-order valence-corrected chi connectivity index (χ1v) is 7.41. The molecule has 0 aliphatic carbocycles. The number of piperidine rings is 1. The second kappa shape index (κ2) is 5.68. The number of rotatable bonds is 2. The van der Waals surface area contributed by atoms with Crippen LogP contribution in [-0.4, -0.2) is 32.9 Å². The van der Waals surface area contributed by atoms with Gasteiger partial charge in [-0.25, -0.2) is 4.98 Å². The van der Waals surface area contributed by atoms with Crippen molar-refractivity contribution in [3.8, 4) is 0 Å². The largest absolute Gasteiger partial charge is 0.338 e. The molecule has 5 heteroatoms. The van der Waals surface area contributed by atoms with Crippen LogP contribution in [0, 0.1) is 0 Å². The van der Waals surface area contributed by atoms with Crippen molar-refractivity contribution in [2.45, 2.75) is 38.8 Å². The monoisotopic (exact) mass is 285 g/mol. The van der Waals surface area contributed by atoms with Gasteiger partial charge < -0.3 is 4.90 Å². The maximum absolute atomic E-state index is 12.5. The molecule has 1 aromatic carbocycles. The zero-order valence-corrected chi connectivity index (χ0v) is 12.2. The van der Waals surface area contributed by atoms with Crippen molar-refractivity contribution in [2.24, 2.45) is 0 Å². The zero-order chi connectivity index (χ0) is 14.8. The standard InChI is InChI=1S/C16H19N3O2/c1-12-6-4-5-9-18(12)16(21)11-19-14-8-3-2-7-13(14)17-10-15(19)20/h2-3,7-8,10,12H,4-6,9,11H2,1H3. The maximum atomic E-state index is 12.5. The van der Waals surface area contributed by atoms with E-state index in [1.165, 1.54) is 17.2 Å². The van der Waals surface area contributed by atoms with Crippen molar-refractivity contribution < 1.29 is 4.79 Å². The van der Waals surface area contributed by atoms with Crippen molar-refractivity contribution in [2.75, 3.05) is 6.54 Å². The molecular weight excluding hydrogens is 266 g/mol. The summed E-state index contributed by atoms with van der Waals surface area (Å²) in [6, 6.07) is 7.66. The van der Waals surface area contributed by atoms with E-state index >= 15 is 0 Å². The van der Waals surface area contributed by atoms with Crippen LogP contribution < -0.4 is 5.56 Å². The van der Waals surface area contributed by atoms with Gasteiger partial charge in [0.1, 0.15) is 6.54 Å². The van der Waals surface area contributed by atoms with Gasteiger partial charge in [-0.05, 0) is 38.3 Å². The average Bonchev–Trinajstić information content (AvgIpc) is 2.50. The molecule has 1 unspecified atom stereocenters.